The molecule has 0 radical (unpaired) electrons. The molecule has 0 bridgehead atoms. The molecule has 1 rings (SSSR count). The topological polar surface area (TPSA) is 46.2 Å². The molecular formula is C10H14BrNO. The Morgan fingerprint density at radius 1 is 1.54 bits per heavy atom. The van der Waals surface area contributed by atoms with Crippen molar-refractivity contribution in [1.29, 1.82) is 0 Å². The van der Waals surface area contributed by atoms with Gasteiger partial charge in [0.25, 0.3) is 0 Å². The number of hydrogen-bond acceptors (Lipinski definition) is 2. The zero-order valence-corrected chi connectivity index (χ0v) is 9.21. The molecule has 1 unspecified atom stereocenters. The van der Waals surface area contributed by atoms with Crippen molar-refractivity contribution in [3.8, 4) is 0 Å². The average molecular weight is 244 g/mol. The maximum absolute atomic E-state index is 9.72. The van der Waals surface area contributed by atoms with E-state index in [9.17, 15) is 5.11 Å². The summed E-state index contributed by atoms with van der Waals surface area (Å²) in [6.45, 7) is 2.51. The van der Waals surface area contributed by atoms with Gasteiger partial charge in [-0.05, 0) is 31.5 Å². The number of hydrogen-bond donors (Lipinski definition) is 2. The Morgan fingerprint density at radius 3 is 2.85 bits per heavy atom. The van der Waals surface area contributed by atoms with Crippen molar-refractivity contribution in [2.24, 2.45) is 5.73 Å². The minimum atomic E-state index is -0.459. The van der Waals surface area contributed by atoms with Gasteiger partial charge in [0, 0.05) is 4.47 Å². The van der Waals surface area contributed by atoms with Crippen LogP contribution in [0.5, 0.6) is 0 Å². The Labute approximate surface area is 86.9 Å². The molecule has 1 aromatic rings. The van der Waals surface area contributed by atoms with Crippen LogP contribution in [0.25, 0.3) is 0 Å². The van der Waals surface area contributed by atoms with Crippen LogP contribution in [-0.4, -0.2) is 11.7 Å². The van der Waals surface area contributed by atoms with Crippen molar-refractivity contribution in [3.63, 3.8) is 0 Å². The molecular weight excluding hydrogens is 230 g/mol. The van der Waals surface area contributed by atoms with Gasteiger partial charge in [0.05, 0.1) is 6.10 Å². The highest BCUT2D eigenvalue weighted by molar-refractivity contribution is 9.10. The molecule has 0 saturated heterocycles. The second kappa shape index (κ2) is 4.74. The van der Waals surface area contributed by atoms with Crippen molar-refractivity contribution in [2.75, 3.05) is 6.54 Å². The van der Waals surface area contributed by atoms with E-state index in [4.69, 9.17) is 5.73 Å². The van der Waals surface area contributed by atoms with Crippen LogP contribution in [-0.2, 0) is 0 Å². The highest BCUT2D eigenvalue weighted by Crippen LogP contribution is 2.26. The zero-order valence-electron chi connectivity index (χ0n) is 7.63. The molecule has 1 aromatic carbocycles. The van der Waals surface area contributed by atoms with Crippen molar-refractivity contribution >= 4 is 15.9 Å². The van der Waals surface area contributed by atoms with Crippen LogP contribution in [0.15, 0.2) is 22.7 Å². The number of benzene rings is 1. The Kier molecular flexibility index (Phi) is 3.90. The maximum atomic E-state index is 9.72. The molecule has 1 atom stereocenters. The summed E-state index contributed by atoms with van der Waals surface area (Å²) < 4.78 is 0.944. The van der Waals surface area contributed by atoms with E-state index in [0.29, 0.717) is 13.0 Å². The third-order valence-corrected chi connectivity index (χ3v) is 2.67. The third kappa shape index (κ3) is 2.79. The van der Waals surface area contributed by atoms with E-state index in [1.54, 1.807) is 0 Å². The van der Waals surface area contributed by atoms with E-state index in [1.165, 1.54) is 0 Å². The molecule has 72 valence electrons. The SMILES string of the molecule is Cc1ccc(Br)c(C(O)CCN)c1. The van der Waals surface area contributed by atoms with Gasteiger partial charge in [-0.25, -0.2) is 0 Å². The standard InChI is InChI=1S/C10H14BrNO/c1-7-2-3-9(11)8(6-7)10(13)4-5-12/h2-3,6,10,13H,4-5,12H2,1H3. The molecule has 0 aliphatic rings. The molecule has 0 aliphatic carbocycles. The second-order valence-corrected chi connectivity index (χ2v) is 3.97. The molecule has 2 nitrogen and oxygen atoms in total. The molecule has 3 heteroatoms. The second-order valence-electron chi connectivity index (χ2n) is 3.12. The summed E-state index contributed by atoms with van der Waals surface area (Å²) >= 11 is 3.40. The van der Waals surface area contributed by atoms with Gasteiger partial charge >= 0.3 is 0 Å². The van der Waals surface area contributed by atoms with E-state index in [1.807, 2.05) is 25.1 Å². The lowest BCUT2D eigenvalue weighted by Crippen LogP contribution is -2.07. The Bertz CT molecular complexity index is 288. The van der Waals surface area contributed by atoms with Gasteiger partial charge in [-0.15, -0.1) is 0 Å². The smallest absolute Gasteiger partial charge is 0.0813 e. The van der Waals surface area contributed by atoms with Crippen LogP contribution in [0, 0.1) is 6.92 Å². The van der Waals surface area contributed by atoms with E-state index < -0.39 is 6.10 Å². The number of halogens is 1. The fraction of sp³-hybridized carbons (Fsp3) is 0.400. The zero-order chi connectivity index (χ0) is 9.84. The summed E-state index contributed by atoms with van der Waals surface area (Å²) in [6, 6.07) is 5.93. The summed E-state index contributed by atoms with van der Waals surface area (Å²) in [6.07, 6.45) is 0.140. The average Bonchev–Trinajstić information content (AvgIpc) is 2.09. The van der Waals surface area contributed by atoms with E-state index >= 15 is 0 Å². The van der Waals surface area contributed by atoms with Gasteiger partial charge in [0.2, 0.25) is 0 Å². The van der Waals surface area contributed by atoms with Crippen molar-refractivity contribution in [3.05, 3.63) is 33.8 Å². The van der Waals surface area contributed by atoms with Gasteiger partial charge < -0.3 is 10.8 Å². The summed E-state index contributed by atoms with van der Waals surface area (Å²) in [5.41, 5.74) is 7.45. The van der Waals surface area contributed by atoms with Crippen molar-refractivity contribution < 1.29 is 5.11 Å². The molecule has 0 saturated carbocycles. The summed E-state index contributed by atoms with van der Waals surface area (Å²) in [7, 11) is 0. The first kappa shape index (κ1) is 10.7. The van der Waals surface area contributed by atoms with Crippen molar-refractivity contribution in [1.82, 2.24) is 0 Å². The monoisotopic (exact) mass is 243 g/mol. The Hall–Kier alpha value is -0.380. The van der Waals surface area contributed by atoms with Gasteiger partial charge in [0.15, 0.2) is 0 Å². The Balaban J connectivity index is 2.91. The van der Waals surface area contributed by atoms with Crippen LogP contribution in [0.3, 0.4) is 0 Å². The molecule has 0 spiro atoms. The van der Waals surface area contributed by atoms with Gasteiger partial charge in [0.1, 0.15) is 0 Å². The maximum Gasteiger partial charge on any atom is 0.0813 e. The summed E-state index contributed by atoms with van der Waals surface area (Å²) in [4.78, 5) is 0. The number of nitrogens with two attached hydrogens (primary N) is 1. The van der Waals surface area contributed by atoms with Crippen LogP contribution in [0.2, 0.25) is 0 Å². The third-order valence-electron chi connectivity index (χ3n) is 1.95. The first-order valence-corrected chi connectivity index (χ1v) is 5.08. The molecule has 0 fully saturated rings. The van der Waals surface area contributed by atoms with Crippen LogP contribution in [0.1, 0.15) is 23.7 Å². The predicted octanol–water partition coefficient (Wildman–Crippen LogP) is 2.14. The molecule has 0 aliphatic heterocycles. The molecule has 0 aromatic heterocycles. The quantitative estimate of drug-likeness (QED) is 0.855. The summed E-state index contributed by atoms with van der Waals surface area (Å²) in [5.74, 6) is 0. The first-order chi connectivity index (χ1) is 6.15. The van der Waals surface area contributed by atoms with Crippen LogP contribution >= 0.6 is 15.9 Å². The van der Waals surface area contributed by atoms with E-state index in [0.717, 1.165) is 15.6 Å². The lowest BCUT2D eigenvalue weighted by molar-refractivity contribution is 0.169. The minimum Gasteiger partial charge on any atom is -0.388 e. The molecule has 13 heavy (non-hydrogen) atoms. The minimum absolute atomic E-state index is 0.459. The fourth-order valence-electron chi connectivity index (χ4n) is 1.23. The largest absolute Gasteiger partial charge is 0.388 e. The lowest BCUT2D eigenvalue weighted by atomic mass is 10.0. The molecule has 0 heterocycles. The van der Waals surface area contributed by atoms with Crippen LogP contribution in [0.4, 0.5) is 0 Å². The highest BCUT2D eigenvalue weighted by atomic mass is 79.9. The predicted molar refractivity (Wildman–Crippen MR) is 57.5 cm³/mol. The number of aliphatic hydroxyl groups is 1. The van der Waals surface area contributed by atoms with Gasteiger partial charge in [-0.1, -0.05) is 33.6 Å². The molecule has 0 amide bonds. The van der Waals surface area contributed by atoms with Gasteiger partial charge in [-0.3, -0.25) is 0 Å². The first-order valence-electron chi connectivity index (χ1n) is 4.29. The van der Waals surface area contributed by atoms with E-state index in [-0.39, 0.29) is 0 Å². The molecule has 3 N–H and O–H groups in total. The van der Waals surface area contributed by atoms with Gasteiger partial charge in [-0.2, -0.15) is 0 Å². The number of rotatable bonds is 3. The fourth-order valence-corrected chi connectivity index (χ4v) is 1.74. The number of aliphatic hydroxyl groups excluding tert-OH is 1. The lowest BCUT2D eigenvalue weighted by Gasteiger charge is -2.12. The summed E-state index contributed by atoms with van der Waals surface area (Å²) in [5, 5.41) is 9.72. The van der Waals surface area contributed by atoms with Crippen molar-refractivity contribution in [2.45, 2.75) is 19.4 Å². The van der Waals surface area contributed by atoms with E-state index in [2.05, 4.69) is 15.9 Å². The Morgan fingerprint density at radius 2 is 2.23 bits per heavy atom. The normalized spacial score (nSPS) is 12.9. The number of aryl methyl sites for hydroxylation is 1. The van der Waals surface area contributed by atoms with Crippen LogP contribution < -0.4 is 5.73 Å². The highest BCUT2D eigenvalue weighted by Gasteiger charge is 2.09.